The number of thioether (sulfide) groups is 1. The Labute approximate surface area is 159 Å². The number of carbonyl (C=O) groups is 1. The van der Waals surface area contributed by atoms with Gasteiger partial charge in [-0.2, -0.15) is 11.8 Å². The summed E-state index contributed by atoms with van der Waals surface area (Å²) in [6, 6.07) is 8.07. The van der Waals surface area contributed by atoms with Crippen molar-refractivity contribution in [2.45, 2.75) is 31.2 Å². The number of hydrogen-bond donors (Lipinski definition) is 2. The molecule has 8 heteroatoms. The van der Waals surface area contributed by atoms with Gasteiger partial charge in [-0.1, -0.05) is 12.1 Å². The van der Waals surface area contributed by atoms with Gasteiger partial charge in [0.2, 0.25) is 5.91 Å². The Balaban J connectivity index is 0.00000144. The van der Waals surface area contributed by atoms with Crippen molar-refractivity contribution in [2.24, 2.45) is 11.7 Å². The van der Waals surface area contributed by atoms with Crippen LogP contribution in [0.15, 0.2) is 24.3 Å². The van der Waals surface area contributed by atoms with Gasteiger partial charge in [0.05, 0.1) is 16.8 Å². The Morgan fingerprint density at radius 1 is 1.42 bits per heavy atom. The standard InChI is InChI=1S/C16H22N4OS.2ClH/c1-22-10-15-18-12-4-2-3-5-14(12)20(15)9-16(21)19-13(8-17)11-6-7-11;;/h2-5,11,13H,6-10,17H2,1H3,(H,19,21);2*1H. The topological polar surface area (TPSA) is 72.9 Å². The number of para-hydroxylation sites is 2. The number of benzene rings is 1. The third-order valence-corrected chi connectivity index (χ3v) is 4.65. The molecule has 1 aliphatic rings. The normalized spacial score (nSPS) is 14.6. The number of hydrogen-bond acceptors (Lipinski definition) is 4. The lowest BCUT2D eigenvalue weighted by Crippen LogP contribution is -2.43. The van der Waals surface area contributed by atoms with Crippen LogP contribution in [0.5, 0.6) is 0 Å². The second-order valence-electron chi connectivity index (χ2n) is 5.78. The number of nitrogens with zero attached hydrogens (tertiary/aromatic N) is 2. The maximum Gasteiger partial charge on any atom is 0.240 e. The minimum Gasteiger partial charge on any atom is -0.350 e. The fraction of sp³-hybridized carbons (Fsp3) is 0.500. The van der Waals surface area contributed by atoms with E-state index in [0.717, 1.165) is 22.6 Å². The molecule has 0 spiro atoms. The summed E-state index contributed by atoms with van der Waals surface area (Å²) in [5.41, 5.74) is 7.72. The van der Waals surface area contributed by atoms with Gasteiger partial charge in [0.1, 0.15) is 12.4 Å². The van der Waals surface area contributed by atoms with Gasteiger partial charge >= 0.3 is 0 Å². The van der Waals surface area contributed by atoms with E-state index >= 15 is 0 Å². The number of amides is 1. The van der Waals surface area contributed by atoms with Crippen molar-refractivity contribution in [1.29, 1.82) is 0 Å². The highest BCUT2D eigenvalue weighted by Gasteiger charge is 2.31. The molecule has 3 N–H and O–H groups in total. The average molecular weight is 391 g/mol. The van der Waals surface area contributed by atoms with E-state index in [4.69, 9.17) is 5.73 Å². The zero-order valence-electron chi connectivity index (χ0n) is 13.6. The molecule has 134 valence electrons. The lowest BCUT2D eigenvalue weighted by Gasteiger charge is -2.17. The first-order valence-electron chi connectivity index (χ1n) is 7.65. The molecule has 2 aromatic rings. The molecule has 0 saturated heterocycles. The van der Waals surface area contributed by atoms with Gasteiger partial charge in [-0.3, -0.25) is 4.79 Å². The molecule has 0 radical (unpaired) electrons. The first-order chi connectivity index (χ1) is 10.7. The molecule has 24 heavy (non-hydrogen) atoms. The molecule has 1 saturated carbocycles. The van der Waals surface area contributed by atoms with Gasteiger partial charge in [0.15, 0.2) is 0 Å². The molecule has 1 atom stereocenters. The van der Waals surface area contributed by atoms with E-state index in [0.29, 0.717) is 19.0 Å². The van der Waals surface area contributed by atoms with Crippen LogP contribution in [0.4, 0.5) is 0 Å². The quantitative estimate of drug-likeness (QED) is 0.761. The van der Waals surface area contributed by atoms with Gasteiger partial charge in [-0.15, -0.1) is 24.8 Å². The molecular formula is C16H24Cl2N4OS. The zero-order chi connectivity index (χ0) is 15.5. The fourth-order valence-electron chi connectivity index (χ4n) is 2.80. The third-order valence-electron chi connectivity index (χ3n) is 4.10. The predicted octanol–water partition coefficient (Wildman–Crippen LogP) is 2.60. The summed E-state index contributed by atoms with van der Waals surface area (Å²) in [4.78, 5) is 17.0. The molecule has 3 rings (SSSR count). The summed E-state index contributed by atoms with van der Waals surface area (Å²) < 4.78 is 2.02. The summed E-state index contributed by atoms with van der Waals surface area (Å²) in [6.07, 6.45) is 4.39. The Bertz CT molecular complexity index is 675. The first-order valence-corrected chi connectivity index (χ1v) is 9.05. The average Bonchev–Trinajstić information content (AvgIpc) is 3.30. The summed E-state index contributed by atoms with van der Waals surface area (Å²) in [6.45, 7) is 0.818. The minimum atomic E-state index is 0. The second-order valence-corrected chi connectivity index (χ2v) is 6.65. The van der Waals surface area contributed by atoms with Crippen LogP contribution in [0.3, 0.4) is 0 Å². The molecule has 5 nitrogen and oxygen atoms in total. The predicted molar refractivity (Wildman–Crippen MR) is 105 cm³/mol. The maximum atomic E-state index is 12.4. The molecule has 1 aromatic carbocycles. The molecular weight excluding hydrogens is 367 g/mol. The highest BCUT2D eigenvalue weighted by molar-refractivity contribution is 7.97. The molecule has 1 aliphatic carbocycles. The number of nitrogens with one attached hydrogen (secondary N) is 1. The number of carbonyl (C=O) groups excluding carboxylic acids is 1. The molecule has 1 aromatic heterocycles. The summed E-state index contributed by atoms with van der Waals surface area (Å²) in [5.74, 6) is 2.33. The molecule has 1 unspecified atom stereocenters. The molecule has 0 aliphatic heterocycles. The summed E-state index contributed by atoms with van der Waals surface area (Å²) in [7, 11) is 0. The highest BCUT2D eigenvalue weighted by atomic mass is 35.5. The van der Waals surface area contributed by atoms with Crippen molar-refractivity contribution in [3.05, 3.63) is 30.1 Å². The Kier molecular flexibility index (Phi) is 8.36. The van der Waals surface area contributed by atoms with E-state index in [2.05, 4.69) is 10.3 Å². The first kappa shape index (κ1) is 21.1. The largest absolute Gasteiger partial charge is 0.350 e. The van der Waals surface area contributed by atoms with Crippen molar-refractivity contribution in [2.75, 3.05) is 12.8 Å². The Morgan fingerprint density at radius 3 is 2.75 bits per heavy atom. The van der Waals surface area contributed by atoms with Crippen molar-refractivity contribution in [1.82, 2.24) is 14.9 Å². The number of rotatable bonds is 7. The van der Waals surface area contributed by atoms with Crippen LogP contribution < -0.4 is 11.1 Å². The third kappa shape index (κ3) is 4.79. The number of nitrogens with two attached hydrogens (primary N) is 1. The molecule has 1 fully saturated rings. The van der Waals surface area contributed by atoms with Gasteiger partial charge in [0.25, 0.3) is 0 Å². The van der Waals surface area contributed by atoms with Gasteiger partial charge in [-0.05, 0) is 37.1 Å². The second kappa shape index (κ2) is 9.51. The van der Waals surface area contributed by atoms with E-state index in [9.17, 15) is 4.79 Å². The van der Waals surface area contributed by atoms with Crippen molar-refractivity contribution >= 4 is 53.5 Å². The van der Waals surface area contributed by atoms with Crippen LogP contribution in [0.25, 0.3) is 11.0 Å². The van der Waals surface area contributed by atoms with Crippen LogP contribution in [0.2, 0.25) is 0 Å². The maximum absolute atomic E-state index is 12.4. The number of halogens is 2. The fourth-order valence-corrected chi connectivity index (χ4v) is 3.28. The van der Waals surface area contributed by atoms with Crippen molar-refractivity contribution in [3.63, 3.8) is 0 Å². The smallest absolute Gasteiger partial charge is 0.240 e. The zero-order valence-corrected chi connectivity index (χ0v) is 16.1. The molecule has 0 bridgehead atoms. The lowest BCUT2D eigenvalue weighted by molar-refractivity contribution is -0.122. The molecule has 1 amide bonds. The highest BCUT2D eigenvalue weighted by Crippen LogP contribution is 2.32. The van der Waals surface area contributed by atoms with E-state index in [1.54, 1.807) is 11.8 Å². The van der Waals surface area contributed by atoms with E-state index in [-0.39, 0.29) is 36.8 Å². The van der Waals surface area contributed by atoms with Crippen LogP contribution in [0, 0.1) is 5.92 Å². The van der Waals surface area contributed by atoms with Gasteiger partial charge in [0, 0.05) is 12.6 Å². The number of fused-ring (bicyclic) bond motifs is 1. The van der Waals surface area contributed by atoms with E-state index in [1.165, 1.54) is 12.8 Å². The van der Waals surface area contributed by atoms with Crippen LogP contribution in [-0.4, -0.2) is 34.3 Å². The number of imidazole rings is 1. The van der Waals surface area contributed by atoms with Crippen LogP contribution >= 0.6 is 36.6 Å². The van der Waals surface area contributed by atoms with Gasteiger partial charge in [-0.25, -0.2) is 4.98 Å². The Morgan fingerprint density at radius 2 is 2.12 bits per heavy atom. The SMILES string of the molecule is CSCc1nc2ccccc2n1CC(=O)NC(CN)C1CC1.Cl.Cl. The van der Waals surface area contributed by atoms with Crippen LogP contribution in [-0.2, 0) is 17.1 Å². The summed E-state index contributed by atoms with van der Waals surface area (Å²) >= 11 is 1.71. The van der Waals surface area contributed by atoms with E-state index < -0.39 is 0 Å². The van der Waals surface area contributed by atoms with Gasteiger partial charge < -0.3 is 15.6 Å². The van der Waals surface area contributed by atoms with Crippen molar-refractivity contribution in [3.8, 4) is 0 Å². The number of aromatic nitrogens is 2. The Hall–Kier alpha value is -0.950. The monoisotopic (exact) mass is 390 g/mol. The van der Waals surface area contributed by atoms with Crippen molar-refractivity contribution < 1.29 is 4.79 Å². The summed E-state index contributed by atoms with van der Waals surface area (Å²) in [5, 5.41) is 3.08. The lowest BCUT2D eigenvalue weighted by atomic mass is 10.2. The van der Waals surface area contributed by atoms with Crippen LogP contribution in [0.1, 0.15) is 18.7 Å². The van der Waals surface area contributed by atoms with E-state index in [1.807, 2.05) is 35.1 Å². The molecule has 1 heterocycles. The minimum absolute atomic E-state index is 0.